The molecule has 0 bridgehead atoms. The number of carbonyl (C=O) groups is 2. The minimum Gasteiger partial charge on any atom is -0.480 e. The molecule has 4 N–H and O–H groups in total. The van der Waals surface area contributed by atoms with Gasteiger partial charge in [0.1, 0.15) is 6.04 Å². The molecule has 0 radical (unpaired) electrons. The molecule has 2 aliphatic rings. The molecule has 1 aliphatic heterocycles. The first kappa shape index (κ1) is 17.9. The van der Waals surface area contributed by atoms with Crippen LogP contribution in [0.15, 0.2) is 12.7 Å². The van der Waals surface area contributed by atoms with Crippen molar-refractivity contribution in [3.05, 3.63) is 12.7 Å². The number of aliphatic hydroxyl groups is 1. The van der Waals surface area contributed by atoms with Crippen LogP contribution >= 0.6 is 0 Å². The summed E-state index contributed by atoms with van der Waals surface area (Å²) >= 11 is 0. The van der Waals surface area contributed by atoms with Crippen LogP contribution in [0, 0.1) is 11.3 Å². The molecule has 0 aromatic rings. The maximum absolute atomic E-state index is 12.3. The Labute approximate surface area is 137 Å². The molecule has 5 atom stereocenters. The molecule has 6 heteroatoms. The van der Waals surface area contributed by atoms with Crippen LogP contribution in [0.3, 0.4) is 0 Å². The zero-order valence-electron chi connectivity index (χ0n) is 14.0. The van der Waals surface area contributed by atoms with Crippen LogP contribution in [0.4, 0.5) is 0 Å². The highest BCUT2D eigenvalue weighted by Crippen LogP contribution is 2.50. The van der Waals surface area contributed by atoms with E-state index in [1.165, 1.54) is 0 Å². The van der Waals surface area contributed by atoms with E-state index in [0.29, 0.717) is 25.8 Å². The second-order valence-corrected chi connectivity index (χ2v) is 7.48. The number of primary amides is 1. The normalized spacial score (nSPS) is 39.8. The quantitative estimate of drug-likeness (QED) is 0.658. The van der Waals surface area contributed by atoms with E-state index < -0.39 is 40.9 Å². The summed E-state index contributed by atoms with van der Waals surface area (Å²) in [5.74, 6) is -1.98. The summed E-state index contributed by atoms with van der Waals surface area (Å²) in [5, 5.41) is 20.4. The van der Waals surface area contributed by atoms with Gasteiger partial charge in [-0.3, -0.25) is 14.5 Å². The smallest absolute Gasteiger partial charge is 0.320 e. The lowest BCUT2D eigenvalue weighted by atomic mass is 9.58. The van der Waals surface area contributed by atoms with Crippen molar-refractivity contribution in [2.75, 3.05) is 6.54 Å². The summed E-state index contributed by atoms with van der Waals surface area (Å²) < 4.78 is 0. The number of likely N-dealkylation sites (tertiary alicyclic amines) is 1. The first-order valence-electron chi connectivity index (χ1n) is 8.28. The van der Waals surface area contributed by atoms with E-state index in [1.54, 1.807) is 17.9 Å². The number of aliphatic carboxylic acids is 1. The minimum absolute atomic E-state index is 0.465. The van der Waals surface area contributed by atoms with Gasteiger partial charge in [-0.2, -0.15) is 0 Å². The number of allylic oxidation sites excluding steroid dienone is 1. The average Bonchev–Trinajstić information content (AvgIpc) is 2.91. The fourth-order valence-corrected chi connectivity index (χ4v) is 4.68. The van der Waals surface area contributed by atoms with Crippen molar-refractivity contribution in [2.45, 2.75) is 63.6 Å². The molecule has 1 aliphatic carbocycles. The Kier molecular flexibility index (Phi) is 4.87. The third kappa shape index (κ3) is 3.15. The predicted molar refractivity (Wildman–Crippen MR) is 86.6 cm³/mol. The first-order chi connectivity index (χ1) is 10.6. The molecule has 4 unspecified atom stereocenters. The van der Waals surface area contributed by atoms with Gasteiger partial charge in [-0.25, -0.2) is 0 Å². The molecule has 1 saturated carbocycles. The predicted octanol–water partition coefficient (Wildman–Crippen LogP) is 1.13. The van der Waals surface area contributed by atoms with E-state index in [2.05, 4.69) is 6.58 Å². The number of amides is 1. The summed E-state index contributed by atoms with van der Waals surface area (Å²) in [7, 11) is 0. The van der Waals surface area contributed by atoms with E-state index in [-0.39, 0.29) is 0 Å². The molecular formula is C17H28N2O4. The molecule has 1 saturated heterocycles. The van der Waals surface area contributed by atoms with Gasteiger partial charge in [-0.1, -0.05) is 13.0 Å². The highest BCUT2D eigenvalue weighted by Gasteiger charge is 2.55. The van der Waals surface area contributed by atoms with Crippen LogP contribution in [-0.4, -0.2) is 51.2 Å². The largest absolute Gasteiger partial charge is 0.480 e. The van der Waals surface area contributed by atoms with Crippen molar-refractivity contribution in [3.63, 3.8) is 0 Å². The molecule has 0 aromatic heterocycles. The van der Waals surface area contributed by atoms with Crippen molar-refractivity contribution in [1.29, 1.82) is 0 Å². The number of rotatable bonds is 5. The van der Waals surface area contributed by atoms with Crippen molar-refractivity contribution in [3.8, 4) is 0 Å². The highest BCUT2D eigenvalue weighted by molar-refractivity contribution is 5.82. The monoisotopic (exact) mass is 324 g/mol. The molecule has 130 valence electrons. The molecule has 1 heterocycles. The first-order valence-corrected chi connectivity index (χ1v) is 8.28. The van der Waals surface area contributed by atoms with E-state index >= 15 is 0 Å². The van der Waals surface area contributed by atoms with Gasteiger partial charge in [0.05, 0.1) is 11.6 Å². The third-order valence-electron chi connectivity index (χ3n) is 5.79. The average molecular weight is 324 g/mol. The maximum atomic E-state index is 12.3. The highest BCUT2D eigenvalue weighted by atomic mass is 16.4. The Balaban J connectivity index is 2.47. The van der Waals surface area contributed by atoms with Gasteiger partial charge in [0, 0.05) is 5.92 Å². The Morgan fingerprint density at radius 1 is 1.35 bits per heavy atom. The van der Waals surface area contributed by atoms with Gasteiger partial charge in [-0.05, 0) is 51.0 Å². The Hall–Kier alpha value is -1.40. The zero-order chi connectivity index (χ0) is 17.4. The zero-order valence-corrected chi connectivity index (χ0v) is 14.0. The Morgan fingerprint density at radius 2 is 2.00 bits per heavy atom. The molecule has 2 rings (SSSR count). The maximum Gasteiger partial charge on any atom is 0.320 e. The molecule has 0 aromatic carbocycles. The number of carboxylic acid groups (broad SMARTS) is 1. The molecule has 2 fully saturated rings. The molecule has 0 spiro atoms. The second kappa shape index (κ2) is 6.24. The van der Waals surface area contributed by atoms with E-state index in [0.717, 1.165) is 12.8 Å². The molecule has 1 amide bonds. The number of nitrogens with two attached hydrogens (primary N) is 1. The Morgan fingerprint density at radius 3 is 2.52 bits per heavy atom. The van der Waals surface area contributed by atoms with Gasteiger partial charge < -0.3 is 15.9 Å². The van der Waals surface area contributed by atoms with Crippen LogP contribution in [0.1, 0.15) is 46.0 Å². The van der Waals surface area contributed by atoms with Crippen molar-refractivity contribution in [2.24, 2.45) is 17.1 Å². The van der Waals surface area contributed by atoms with Crippen LogP contribution in [-0.2, 0) is 9.59 Å². The lowest BCUT2D eigenvalue weighted by Gasteiger charge is -2.53. The van der Waals surface area contributed by atoms with Gasteiger partial charge in [-0.15, -0.1) is 6.58 Å². The number of nitrogens with zero attached hydrogens (tertiary/aromatic N) is 1. The number of hydrogen-bond acceptors (Lipinski definition) is 4. The summed E-state index contributed by atoms with van der Waals surface area (Å²) in [4.78, 5) is 25.5. The fraction of sp³-hybridized carbons (Fsp3) is 0.765. The fourth-order valence-electron chi connectivity index (χ4n) is 4.68. The number of carbonyl (C=O) groups excluding carboxylic acids is 1. The van der Waals surface area contributed by atoms with E-state index in [9.17, 15) is 19.8 Å². The lowest BCUT2D eigenvalue weighted by molar-refractivity contribution is -0.155. The SMILES string of the molecule is C=CC1(C)CCCC(C)(O)C1C(C(N)=O)N1CCC[C@H]1C(=O)O. The van der Waals surface area contributed by atoms with Gasteiger partial charge >= 0.3 is 5.97 Å². The van der Waals surface area contributed by atoms with Crippen molar-refractivity contribution in [1.82, 2.24) is 4.90 Å². The van der Waals surface area contributed by atoms with E-state index in [4.69, 9.17) is 5.73 Å². The minimum atomic E-state index is -1.09. The van der Waals surface area contributed by atoms with Gasteiger partial charge in [0.2, 0.25) is 5.91 Å². The summed E-state index contributed by atoms with van der Waals surface area (Å²) in [6.45, 7) is 8.10. The molecule has 6 nitrogen and oxygen atoms in total. The third-order valence-corrected chi connectivity index (χ3v) is 5.79. The standard InChI is InChI=1S/C17H28N2O4/c1-4-16(2)8-6-9-17(3,23)13(16)12(14(18)20)19-10-5-7-11(19)15(21)22/h4,11-13,23H,1,5-10H2,2-3H3,(H2,18,20)(H,21,22)/t11-,12?,13?,16?,17?/m0/s1. The topological polar surface area (TPSA) is 104 Å². The van der Waals surface area contributed by atoms with Crippen molar-refractivity contribution >= 4 is 11.9 Å². The Bertz CT molecular complexity index is 505. The van der Waals surface area contributed by atoms with Crippen LogP contribution in [0.25, 0.3) is 0 Å². The van der Waals surface area contributed by atoms with Crippen LogP contribution in [0.5, 0.6) is 0 Å². The van der Waals surface area contributed by atoms with Gasteiger partial charge in [0.25, 0.3) is 0 Å². The molecular weight excluding hydrogens is 296 g/mol. The molecule has 23 heavy (non-hydrogen) atoms. The second-order valence-electron chi connectivity index (χ2n) is 7.48. The number of hydrogen-bond donors (Lipinski definition) is 3. The van der Waals surface area contributed by atoms with Crippen LogP contribution in [0.2, 0.25) is 0 Å². The van der Waals surface area contributed by atoms with Crippen molar-refractivity contribution < 1.29 is 19.8 Å². The van der Waals surface area contributed by atoms with E-state index in [1.807, 2.05) is 6.92 Å². The summed E-state index contributed by atoms with van der Waals surface area (Å²) in [6, 6.07) is -1.53. The van der Waals surface area contributed by atoms with Crippen LogP contribution < -0.4 is 5.73 Å². The van der Waals surface area contributed by atoms with Gasteiger partial charge in [0.15, 0.2) is 0 Å². The number of carboxylic acids is 1. The summed E-state index contributed by atoms with van der Waals surface area (Å²) in [5.41, 5.74) is 4.13. The summed E-state index contributed by atoms with van der Waals surface area (Å²) in [6.07, 6.45) is 5.19. The lowest BCUT2D eigenvalue weighted by Crippen LogP contribution is -2.63.